The van der Waals surface area contributed by atoms with E-state index in [9.17, 15) is 20.1 Å². The number of nitrogens with one attached hydrogen (secondary N) is 1. The van der Waals surface area contributed by atoms with Crippen LogP contribution in [0.2, 0.25) is 0 Å². The van der Waals surface area contributed by atoms with Gasteiger partial charge in [-0.25, -0.2) is 0 Å². The third-order valence-corrected chi connectivity index (χ3v) is 12.1. The summed E-state index contributed by atoms with van der Waals surface area (Å²) in [6.07, 6.45) is 66.0. The molecule has 0 aliphatic carbocycles. The maximum atomic E-state index is 12.5. The van der Waals surface area contributed by atoms with Gasteiger partial charge in [-0.15, -0.1) is 0 Å². The van der Waals surface area contributed by atoms with Gasteiger partial charge in [0.05, 0.1) is 18.8 Å². The summed E-state index contributed by atoms with van der Waals surface area (Å²) in [6, 6.07) is -0.824. The predicted octanol–water partition coefficient (Wildman–Crippen LogP) is 16.1. The van der Waals surface area contributed by atoms with Crippen LogP contribution in [0.15, 0.2) is 48.6 Å². The van der Waals surface area contributed by atoms with E-state index in [2.05, 4.69) is 55.6 Å². The van der Waals surface area contributed by atoms with Crippen LogP contribution in [0.25, 0.3) is 0 Å². The van der Waals surface area contributed by atoms with Gasteiger partial charge in [-0.05, 0) is 70.6 Å². The van der Waals surface area contributed by atoms with E-state index in [1.165, 1.54) is 205 Å². The normalized spacial score (nSPS) is 13.8. The molecule has 0 aliphatic rings. The van der Waals surface area contributed by atoms with Crippen molar-refractivity contribution in [1.29, 1.82) is 0 Å². The number of unbranched alkanes of at least 4 members (excludes halogenated alkanes) is 34. The number of hydrogen-bond acceptors (Lipinski definition) is 4. The van der Waals surface area contributed by atoms with E-state index in [-0.39, 0.29) is 6.61 Å². The minimum atomic E-state index is -1.11. The molecule has 5 heteroatoms. The fourth-order valence-corrected chi connectivity index (χ4v) is 7.98. The highest BCUT2D eigenvalue weighted by molar-refractivity contribution is 5.80. The van der Waals surface area contributed by atoms with E-state index in [4.69, 9.17) is 0 Å². The van der Waals surface area contributed by atoms with Crippen LogP contribution in [-0.2, 0) is 4.79 Å². The van der Waals surface area contributed by atoms with E-state index >= 15 is 0 Å². The van der Waals surface area contributed by atoms with Crippen molar-refractivity contribution in [2.45, 2.75) is 289 Å². The first-order valence-corrected chi connectivity index (χ1v) is 26.5. The predicted molar refractivity (Wildman–Crippen MR) is 264 cm³/mol. The Bertz CT molecular complexity index is 974. The first-order chi connectivity index (χ1) is 29.6. The maximum absolute atomic E-state index is 12.5. The van der Waals surface area contributed by atoms with Crippen LogP contribution >= 0.6 is 0 Å². The third kappa shape index (κ3) is 44.4. The van der Waals surface area contributed by atoms with Crippen molar-refractivity contribution < 1.29 is 20.1 Å². The summed E-state index contributed by atoms with van der Waals surface area (Å²) in [5, 5.41) is 33.3. The molecule has 3 atom stereocenters. The molecule has 0 aliphatic heterocycles. The molecule has 0 spiro atoms. The zero-order valence-electron chi connectivity index (χ0n) is 40.1. The number of hydrogen-bond donors (Lipinski definition) is 4. The minimum absolute atomic E-state index is 0.383. The summed E-state index contributed by atoms with van der Waals surface area (Å²) in [7, 11) is 0. The highest BCUT2D eigenvalue weighted by Crippen LogP contribution is 2.16. The van der Waals surface area contributed by atoms with Crippen molar-refractivity contribution in [3.05, 3.63) is 48.6 Å². The summed E-state index contributed by atoms with van der Waals surface area (Å²) in [5.41, 5.74) is 0. The lowest BCUT2D eigenvalue weighted by Crippen LogP contribution is -2.48. The van der Waals surface area contributed by atoms with Gasteiger partial charge in [0, 0.05) is 0 Å². The second kappa shape index (κ2) is 50.0. The Morgan fingerprint density at radius 2 is 0.683 bits per heavy atom. The molecule has 0 aromatic rings. The number of aliphatic hydroxyl groups excluding tert-OH is 3. The number of rotatable bonds is 48. The Labute approximate surface area is 374 Å². The quantitative estimate of drug-likeness (QED) is 0.0363. The molecule has 60 heavy (non-hydrogen) atoms. The van der Waals surface area contributed by atoms with Crippen LogP contribution in [0.1, 0.15) is 271 Å². The van der Waals surface area contributed by atoms with Gasteiger partial charge in [-0.2, -0.15) is 0 Å². The van der Waals surface area contributed by atoms with Crippen molar-refractivity contribution in [2.75, 3.05) is 6.61 Å². The fourth-order valence-electron chi connectivity index (χ4n) is 7.98. The highest BCUT2D eigenvalue weighted by Gasteiger charge is 2.22. The van der Waals surface area contributed by atoms with Gasteiger partial charge in [0.2, 0.25) is 5.91 Å². The first kappa shape index (κ1) is 58.3. The second-order valence-corrected chi connectivity index (χ2v) is 18.1. The Kier molecular flexibility index (Phi) is 48.6. The molecule has 3 unspecified atom stereocenters. The SMILES string of the molecule is CCCCCCCCCCCCCC/C=C\CCCCCCCCCC(O)C(=O)NC(CO)C(O)/C=C/CC/C=C/CC/C=C/CCCCCCCCCCCCCCC. The summed E-state index contributed by atoms with van der Waals surface area (Å²) in [5.74, 6) is -0.519. The Balaban J connectivity index is 3.68. The molecular formula is C55H103NO4. The monoisotopic (exact) mass is 842 g/mol. The van der Waals surface area contributed by atoms with Crippen LogP contribution in [0.4, 0.5) is 0 Å². The third-order valence-electron chi connectivity index (χ3n) is 12.1. The Hall–Kier alpha value is -1.69. The van der Waals surface area contributed by atoms with Crippen molar-refractivity contribution in [3.8, 4) is 0 Å². The van der Waals surface area contributed by atoms with E-state index in [0.29, 0.717) is 6.42 Å². The molecule has 0 heterocycles. The zero-order valence-corrected chi connectivity index (χ0v) is 40.1. The van der Waals surface area contributed by atoms with Crippen molar-refractivity contribution in [1.82, 2.24) is 5.32 Å². The Morgan fingerprint density at radius 1 is 0.400 bits per heavy atom. The summed E-state index contributed by atoms with van der Waals surface area (Å²) in [4.78, 5) is 12.5. The van der Waals surface area contributed by atoms with Crippen molar-refractivity contribution in [2.24, 2.45) is 0 Å². The van der Waals surface area contributed by atoms with Gasteiger partial charge in [0.15, 0.2) is 0 Å². The second-order valence-electron chi connectivity index (χ2n) is 18.1. The molecule has 1 amide bonds. The molecule has 0 fully saturated rings. The van der Waals surface area contributed by atoms with Gasteiger partial charge in [0.1, 0.15) is 6.10 Å². The molecule has 5 nitrogen and oxygen atoms in total. The molecule has 0 saturated heterocycles. The van der Waals surface area contributed by atoms with Gasteiger partial charge in [-0.3, -0.25) is 4.79 Å². The van der Waals surface area contributed by atoms with Crippen LogP contribution in [-0.4, -0.2) is 46.1 Å². The molecule has 0 rings (SSSR count). The fraction of sp³-hybridized carbons (Fsp3) is 0.836. The van der Waals surface area contributed by atoms with E-state index in [1.54, 1.807) is 6.08 Å². The minimum Gasteiger partial charge on any atom is -0.394 e. The number of carbonyl (C=O) groups is 1. The molecule has 0 radical (unpaired) electrons. The molecule has 0 bridgehead atoms. The average molecular weight is 842 g/mol. The van der Waals surface area contributed by atoms with E-state index < -0.39 is 24.2 Å². The standard InChI is InChI=1S/C55H103NO4/c1-3-5-7-9-11-13-15-17-19-21-23-25-27-29-31-33-35-37-39-41-43-45-47-49-53(58)52(51-57)56-55(60)54(59)50-48-46-44-42-40-38-36-34-32-30-28-26-24-22-20-18-16-14-12-10-8-6-4-2/h30-33,39,41,47,49,52-54,57-59H,3-29,34-38,40,42-46,48,50-51H2,1-2H3,(H,56,60)/b32-30-,33-31+,41-39+,49-47+. The van der Waals surface area contributed by atoms with E-state index in [1.807, 2.05) is 6.08 Å². The van der Waals surface area contributed by atoms with Crippen LogP contribution in [0.5, 0.6) is 0 Å². The smallest absolute Gasteiger partial charge is 0.249 e. The summed E-state index contributed by atoms with van der Waals surface area (Å²) in [6.45, 7) is 4.19. The molecule has 0 aromatic heterocycles. The molecule has 0 saturated carbocycles. The number of carbonyl (C=O) groups excluding carboxylic acids is 1. The lowest BCUT2D eigenvalue weighted by Gasteiger charge is -2.21. The topological polar surface area (TPSA) is 89.8 Å². The lowest BCUT2D eigenvalue weighted by molar-refractivity contribution is -0.131. The highest BCUT2D eigenvalue weighted by atomic mass is 16.3. The number of allylic oxidation sites excluding steroid dienone is 7. The van der Waals surface area contributed by atoms with Gasteiger partial charge >= 0.3 is 0 Å². The van der Waals surface area contributed by atoms with E-state index in [0.717, 1.165) is 44.9 Å². The van der Waals surface area contributed by atoms with Crippen LogP contribution < -0.4 is 5.32 Å². The number of amides is 1. The average Bonchev–Trinajstić information content (AvgIpc) is 3.25. The van der Waals surface area contributed by atoms with Crippen LogP contribution in [0.3, 0.4) is 0 Å². The molecule has 352 valence electrons. The summed E-state index contributed by atoms with van der Waals surface area (Å²) >= 11 is 0. The zero-order chi connectivity index (χ0) is 43.7. The first-order valence-electron chi connectivity index (χ1n) is 26.5. The Morgan fingerprint density at radius 3 is 1.02 bits per heavy atom. The van der Waals surface area contributed by atoms with Crippen LogP contribution in [0, 0.1) is 0 Å². The summed E-state index contributed by atoms with van der Waals surface area (Å²) < 4.78 is 0. The van der Waals surface area contributed by atoms with Gasteiger partial charge in [-0.1, -0.05) is 249 Å². The maximum Gasteiger partial charge on any atom is 0.249 e. The van der Waals surface area contributed by atoms with Crippen molar-refractivity contribution in [3.63, 3.8) is 0 Å². The lowest BCUT2D eigenvalue weighted by atomic mass is 10.0. The molecule has 4 N–H and O–H groups in total. The number of aliphatic hydroxyl groups is 3. The van der Waals surface area contributed by atoms with Crippen molar-refractivity contribution >= 4 is 5.91 Å². The van der Waals surface area contributed by atoms with Gasteiger partial charge in [0.25, 0.3) is 0 Å². The van der Waals surface area contributed by atoms with Gasteiger partial charge < -0.3 is 20.6 Å². The largest absolute Gasteiger partial charge is 0.394 e. The molecular weight excluding hydrogens is 739 g/mol. The molecule has 0 aromatic carbocycles.